The number of nitrogens with two attached hydrogens (primary N) is 1. The standard InChI is InChI=1S/C16H23N5/c1-12-5-7-13(8-6-12)9-10-21-16(18-19-20-21)14-3-2-4-15(17)11-14/h2-4,11-13H,5-10,17H2,1H3. The van der Waals surface area contributed by atoms with Crippen LogP contribution in [0.3, 0.4) is 0 Å². The molecule has 3 rings (SSSR count). The molecule has 0 bridgehead atoms. The second kappa shape index (κ2) is 6.24. The van der Waals surface area contributed by atoms with Gasteiger partial charge in [-0.05, 0) is 40.8 Å². The molecule has 1 aromatic heterocycles. The van der Waals surface area contributed by atoms with Gasteiger partial charge in [-0.25, -0.2) is 4.68 Å². The van der Waals surface area contributed by atoms with Crippen LogP contribution >= 0.6 is 0 Å². The Morgan fingerprint density at radius 1 is 1.24 bits per heavy atom. The summed E-state index contributed by atoms with van der Waals surface area (Å²) in [6.07, 6.45) is 6.57. The highest BCUT2D eigenvalue weighted by Gasteiger charge is 2.19. The van der Waals surface area contributed by atoms with Crippen molar-refractivity contribution in [2.45, 2.75) is 45.6 Å². The highest BCUT2D eigenvalue weighted by Crippen LogP contribution is 2.31. The molecule has 5 nitrogen and oxygen atoms in total. The molecule has 1 aliphatic rings. The Hall–Kier alpha value is -1.91. The number of benzene rings is 1. The third-order valence-electron chi connectivity index (χ3n) is 4.56. The molecule has 21 heavy (non-hydrogen) atoms. The number of nitrogen functional groups attached to an aromatic ring is 1. The minimum Gasteiger partial charge on any atom is -0.399 e. The smallest absolute Gasteiger partial charge is 0.182 e. The number of aryl methyl sites for hydroxylation is 1. The zero-order chi connectivity index (χ0) is 14.7. The van der Waals surface area contributed by atoms with E-state index in [0.717, 1.165) is 41.9 Å². The molecule has 1 saturated carbocycles. The Kier molecular flexibility index (Phi) is 4.18. The molecule has 1 aliphatic carbocycles. The summed E-state index contributed by atoms with van der Waals surface area (Å²) in [4.78, 5) is 0. The van der Waals surface area contributed by atoms with Crippen molar-refractivity contribution in [2.75, 3.05) is 5.73 Å². The van der Waals surface area contributed by atoms with E-state index in [1.807, 2.05) is 28.9 Å². The number of tetrazole rings is 1. The van der Waals surface area contributed by atoms with E-state index in [1.54, 1.807) is 0 Å². The van der Waals surface area contributed by atoms with Crippen LogP contribution in [0.25, 0.3) is 11.4 Å². The fourth-order valence-electron chi connectivity index (χ4n) is 3.16. The quantitative estimate of drug-likeness (QED) is 0.876. The van der Waals surface area contributed by atoms with Crippen molar-refractivity contribution in [2.24, 2.45) is 11.8 Å². The van der Waals surface area contributed by atoms with Crippen molar-refractivity contribution in [3.63, 3.8) is 0 Å². The van der Waals surface area contributed by atoms with Crippen LogP contribution in [-0.2, 0) is 6.54 Å². The van der Waals surface area contributed by atoms with Crippen molar-refractivity contribution in [1.82, 2.24) is 20.2 Å². The molecule has 2 aromatic rings. The van der Waals surface area contributed by atoms with E-state index in [0.29, 0.717) is 0 Å². The topological polar surface area (TPSA) is 69.6 Å². The normalized spacial score (nSPS) is 22.3. The van der Waals surface area contributed by atoms with E-state index in [2.05, 4.69) is 22.4 Å². The maximum Gasteiger partial charge on any atom is 0.182 e. The average molecular weight is 285 g/mol. The molecular weight excluding hydrogens is 262 g/mol. The third-order valence-corrected chi connectivity index (χ3v) is 4.56. The predicted molar refractivity (Wildman–Crippen MR) is 83.4 cm³/mol. The van der Waals surface area contributed by atoms with E-state index < -0.39 is 0 Å². The van der Waals surface area contributed by atoms with Crippen molar-refractivity contribution in [3.8, 4) is 11.4 Å². The molecule has 1 aromatic carbocycles. The minimum absolute atomic E-state index is 0.739. The van der Waals surface area contributed by atoms with E-state index in [4.69, 9.17) is 5.73 Å². The number of aromatic nitrogens is 4. The summed E-state index contributed by atoms with van der Waals surface area (Å²) in [5.41, 5.74) is 7.56. The van der Waals surface area contributed by atoms with Crippen LogP contribution in [0.2, 0.25) is 0 Å². The van der Waals surface area contributed by atoms with Gasteiger partial charge in [0.15, 0.2) is 5.82 Å². The molecule has 2 N–H and O–H groups in total. The van der Waals surface area contributed by atoms with Crippen LogP contribution in [0.5, 0.6) is 0 Å². The van der Waals surface area contributed by atoms with Gasteiger partial charge in [-0.1, -0.05) is 44.7 Å². The summed E-state index contributed by atoms with van der Waals surface area (Å²) in [6, 6.07) is 7.73. The van der Waals surface area contributed by atoms with Crippen molar-refractivity contribution in [1.29, 1.82) is 0 Å². The Labute approximate surface area is 125 Å². The summed E-state index contributed by atoms with van der Waals surface area (Å²) in [6.45, 7) is 3.24. The maximum atomic E-state index is 5.84. The molecule has 0 radical (unpaired) electrons. The number of nitrogens with zero attached hydrogens (tertiary/aromatic N) is 4. The molecule has 0 unspecified atom stereocenters. The highest BCUT2D eigenvalue weighted by atomic mass is 15.5. The van der Waals surface area contributed by atoms with Crippen molar-refractivity contribution in [3.05, 3.63) is 24.3 Å². The fraction of sp³-hybridized carbons (Fsp3) is 0.562. The molecule has 112 valence electrons. The number of hydrogen-bond donors (Lipinski definition) is 1. The van der Waals surface area contributed by atoms with Crippen LogP contribution in [-0.4, -0.2) is 20.2 Å². The summed E-state index contributed by atoms with van der Waals surface area (Å²) in [5, 5.41) is 12.1. The SMILES string of the molecule is CC1CCC(CCn2nnnc2-c2cccc(N)c2)CC1. The molecule has 0 saturated heterocycles. The van der Waals surface area contributed by atoms with E-state index in [-0.39, 0.29) is 0 Å². The van der Waals surface area contributed by atoms with Crippen molar-refractivity contribution < 1.29 is 0 Å². The molecule has 0 aliphatic heterocycles. The second-order valence-corrected chi connectivity index (χ2v) is 6.27. The van der Waals surface area contributed by atoms with Crippen LogP contribution < -0.4 is 5.73 Å². The van der Waals surface area contributed by atoms with Crippen LogP contribution in [0.1, 0.15) is 39.0 Å². The molecule has 1 heterocycles. The largest absolute Gasteiger partial charge is 0.399 e. The summed E-state index contributed by atoms with van der Waals surface area (Å²) in [5.74, 6) is 2.53. The first-order valence-corrected chi connectivity index (χ1v) is 7.84. The highest BCUT2D eigenvalue weighted by molar-refractivity contribution is 5.60. The van der Waals surface area contributed by atoms with E-state index in [1.165, 1.54) is 25.7 Å². The zero-order valence-corrected chi connectivity index (χ0v) is 12.6. The maximum absolute atomic E-state index is 5.84. The molecule has 0 amide bonds. The monoisotopic (exact) mass is 285 g/mol. The first kappa shape index (κ1) is 14.0. The van der Waals surface area contributed by atoms with Gasteiger partial charge in [0.2, 0.25) is 0 Å². The van der Waals surface area contributed by atoms with Gasteiger partial charge in [0, 0.05) is 17.8 Å². The Balaban J connectivity index is 1.66. The van der Waals surface area contributed by atoms with Gasteiger partial charge in [0.05, 0.1) is 0 Å². The van der Waals surface area contributed by atoms with Gasteiger partial charge in [-0.2, -0.15) is 0 Å². The Morgan fingerprint density at radius 3 is 2.81 bits per heavy atom. The van der Waals surface area contributed by atoms with Crippen LogP contribution in [0, 0.1) is 11.8 Å². The first-order chi connectivity index (χ1) is 10.2. The van der Waals surface area contributed by atoms with Gasteiger partial charge < -0.3 is 5.73 Å². The lowest BCUT2D eigenvalue weighted by Gasteiger charge is -2.25. The minimum atomic E-state index is 0.739. The second-order valence-electron chi connectivity index (χ2n) is 6.27. The summed E-state index contributed by atoms with van der Waals surface area (Å²) in [7, 11) is 0. The Bertz CT molecular complexity index is 584. The number of anilines is 1. The van der Waals surface area contributed by atoms with Gasteiger partial charge in [0.25, 0.3) is 0 Å². The Morgan fingerprint density at radius 2 is 2.05 bits per heavy atom. The molecule has 0 atom stereocenters. The van der Waals surface area contributed by atoms with Gasteiger partial charge >= 0.3 is 0 Å². The molecule has 0 spiro atoms. The number of hydrogen-bond acceptors (Lipinski definition) is 4. The molecule has 5 heteroatoms. The van der Waals surface area contributed by atoms with Gasteiger partial charge in [-0.3, -0.25) is 0 Å². The molecular formula is C16H23N5. The average Bonchev–Trinajstić information content (AvgIpc) is 2.95. The predicted octanol–water partition coefficient (Wildman–Crippen LogP) is 3.14. The summed E-state index contributed by atoms with van der Waals surface area (Å²) >= 11 is 0. The first-order valence-electron chi connectivity index (χ1n) is 7.84. The lowest BCUT2D eigenvalue weighted by atomic mass is 9.81. The van der Waals surface area contributed by atoms with Gasteiger partial charge in [0.1, 0.15) is 0 Å². The number of rotatable bonds is 4. The lowest BCUT2D eigenvalue weighted by molar-refractivity contribution is 0.265. The van der Waals surface area contributed by atoms with Crippen LogP contribution in [0.15, 0.2) is 24.3 Å². The summed E-state index contributed by atoms with van der Waals surface area (Å²) < 4.78 is 1.91. The third kappa shape index (κ3) is 3.40. The van der Waals surface area contributed by atoms with Crippen LogP contribution in [0.4, 0.5) is 5.69 Å². The molecule has 1 fully saturated rings. The van der Waals surface area contributed by atoms with E-state index >= 15 is 0 Å². The lowest BCUT2D eigenvalue weighted by Crippen LogP contribution is -2.15. The van der Waals surface area contributed by atoms with Crippen molar-refractivity contribution >= 4 is 5.69 Å². The van der Waals surface area contributed by atoms with E-state index in [9.17, 15) is 0 Å². The zero-order valence-electron chi connectivity index (χ0n) is 12.6. The fourth-order valence-corrected chi connectivity index (χ4v) is 3.16. The van der Waals surface area contributed by atoms with Gasteiger partial charge in [-0.15, -0.1) is 5.10 Å².